The molecule has 6 aromatic carbocycles. The summed E-state index contributed by atoms with van der Waals surface area (Å²) < 4.78 is 6.10. The van der Waals surface area contributed by atoms with Crippen LogP contribution in [0, 0.1) is 19.6 Å². The van der Waals surface area contributed by atoms with Crippen LogP contribution in [0.2, 0.25) is 0 Å². The molecule has 214 valence electrons. The van der Waals surface area contributed by atoms with Crippen LogP contribution in [0.15, 0.2) is 182 Å². The number of hydrogen-bond donors (Lipinski definition) is 0. The van der Waals surface area contributed by atoms with Gasteiger partial charge in [0.15, 0.2) is 0 Å². The number of hydrogen-bond acceptors (Lipinski definition) is 2. The summed E-state index contributed by atoms with van der Waals surface area (Å²) in [5, 5.41) is 30.8. The van der Waals surface area contributed by atoms with Crippen molar-refractivity contribution in [1.82, 2.24) is 0 Å². The van der Waals surface area contributed by atoms with Crippen LogP contribution in [0.4, 0.5) is 0 Å². The van der Waals surface area contributed by atoms with Crippen LogP contribution >= 0.6 is 10.9 Å². The van der Waals surface area contributed by atoms with E-state index in [-0.39, 0.29) is 0 Å². The minimum atomic E-state index is -4.05. The maximum absolute atomic E-state index is 12.1. The van der Waals surface area contributed by atoms with Gasteiger partial charge in [0, 0.05) is 0 Å². The van der Waals surface area contributed by atoms with Crippen molar-refractivity contribution in [2.45, 2.75) is 0 Å². The monoisotopic (exact) mass is 684 g/mol. The first-order valence-electron chi connectivity index (χ1n) is 14.0. The second-order valence-corrected chi connectivity index (χ2v) is 33.5. The van der Waals surface area contributed by atoms with Crippen LogP contribution < -0.4 is 31.8 Å². The molecule has 0 aliphatic carbocycles. The van der Waals surface area contributed by atoms with Gasteiger partial charge >= 0.3 is 259 Å². The van der Waals surface area contributed by atoms with Gasteiger partial charge in [0.25, 0.3) is 0 Å². The minimum absolute atomic E-state index is 1.10. The van der Waals surface area contributed by atoms with Gasteiger partial charge in [-0.05, 0) is 0 Å². The van der Waals surface area contributed by atoms with E-state index in [1.165, 1.54) is 0 Å². The molecule has 2 nitrogen and oxygen atoms in total. The van der Waals surface area contributed by atoms with Crippen molar-refractivity contribution >= 4 is 42.7 Å². The van der Waals surface area contributed by atoms with E-state index in [1.54, 1.807) is 0 Å². The topological polar surface area (TPSA) is 47.6 Å². The Kier molecular flexibility index (Phi) is 8.47. The average molecular weight is 685 g/mol. The van der Waals surface area contributed by atoms with Crippen molar-refractivity contribution in [2.24, 2.45) is 0 Å². The molecule has 0 aliphatic rings. The molecule has 0 spiro atoms. The Labute approximate surface area is 257 Å². The summed E-state index contributed by atoms with van der Waals surface area (Å²) in [6.45, 7) is 0. The van der Waals surface area contributed by atoms with Gasteiger partial charge in [0.2, 0.25) is 0 Å². The first-order chi connectivity index (χ1) is 21.3. The van der Waals surface area contributed by atoms with Crippen LogP contribution in [0.5, 0.6) is 0 Å². The molecule has 0 aromatic heterocycles. The molecular formula is C38H32N2P2Pd. The van der Waals surface area contributed by atoms with E-state index < -0.39 is 25.4 Å². The third-order valence-corrected chi connectivity index (χ3v) is 45.5. The number of benzene rings is 6. The Morgan fingerprint density at radius 2 is 0.465 bits per heavy atom. The maximum atomic E-state index is 12.1. The van der Waals surface area contributed by atoms with E-state index in [9.17, 15) is 10.5 Å². The molecule has 0 fully saturated rings. The molecule has 0 aliphatic heterocycles. The van der Waals surface area contributed by atoms with Crippen LogP contribution in [0.25, 0.3) is 0 Å². The number of nitriles is 2. The van der Waals surface area contributed by atoms with Gasteiger partial charge in [-0.3, -0.25) is 0 Å². The molecular weight excluding hydrogens is 653 g/mol. The van der Waals surface area contributed by atoms with Crippen molar-refractivity contribution < 1.29 is 14.5 Å². The first-order valence-corrected chi connectivity index (χ1v) is 23.9. The molecule has 0 saturated carbocycles. The van der Waals surface area contributed by atoms with Crippen molar-refractivity contribution in [1.29, 1.82) is 10.5 Å². The molecule has 6 rings (SSSR count). The van der Waals surface area contributed by atoms with Crippen LogP contribution in [0.1, 0.15) is 0 Å². The van der Waals surface area contributed by atoms with Crippen molar-refractivity contribution in [3.8, 4) is 9.08 Å². The molecule has 43 heavy (non-hydrogen) atoms. The van der Waals surface area contributed by atoms with E-state index >= 15 is 0 Å². The predicted molar refractivity (Wildman–Crippen MR) is 184 cm³/mol. The van der Waals surface area contributed by atoms with Gasteiger partial charge in [0.05, 0.1) is 0 Å². The van der Waals surface area contributed by atoms with Crippen molar-refractivity contribution in [3.05, 3.63) is 182 Å². The summed E-state index contributed by atoms with van der Waals surface area (Å²) in [7, 11) is 0. The summed E-state index contributed by atoms with van der Waals surface area (Å²) in [6.07, 6.45) is 0. The Morgan fingerprint density at radius 3 is 0.605 bits per heavy atom. The molecule has 0 atom stereocenters. The average Bonchev–Trinajstić information content (AvgIpc) is 3.11. The molecule has 0 bridgehead atoms. The quantitative estimate of drug-likeness (QED) is 0.138. The van der Waals surface area contributed by atoms with Crippen LogP contribution in [-0.4, -0.2) is 0 Å². The molecule has 0 radical (unpaired) electrons. The van der Waals surface area contributed by atoms with E-state index in [0.717, 1.165) is 31.8 Å². The fraction of sp³-hybridized carbons (Fsp3) is 0. The molecule has 0 unspecified atom stereocenters. The van der Waals surface area contributed by atoms with Gasteiger partial charge in [-0.15, -0.1) is 0 Å². The summed E-state index contributed by atoms with van der Waals surface area (Å²) in [4.78, 5) is 0. The van der Waals surface area contributed by atoms with Gasteiger partial charge in [-0.25, -0.2) is 0 Å². The zero-order valence-corrected chi connectivity index (χ0v) is 27.1. The van der Waals surface area contributed by atoms with Gasteiger partial charge in [-0.2, -0.15) is 0 Å². The Balaban J connectivity index is 1.95. The molecule has 6 aromatic rings. The summed E-state index contributed by atoms with van der Waals surface area (Å²) in [5.41, 5.74) is -6.80. The van der Waals surface area contributed by atoms with Crippen molar-refractivity contribution in [2.75, 3.05) is 0 Å². The molecule has 0 saturated heterocycles. The summed E-state index contributed by atoms with van der Waals surface area (Å²) >= 11 is -4.05. The predicted octanol–water partition coefficient (Wildman–Crippen LogP) is 6.39. The second kappa shape index (κ2) is 12.6. The standard InChI is InChI=1S/2C18H15P.2CN.Pd/c2*1-4-10-16(11-5-1)19(17-12-6-2-7-13-17)18-14-8-3-9-15-18;2*1-2;/h2*1-15H;;;/q;;;;-2/p+2. The van der Waals surface area contributed by atoms with Crippen LogP contribution in [0.3, 0.4) is 0 Å². The zero-order chi connectivity index (χ0) is 29.6. The molecule has 0 N–H and O–H groups in total. The third-order valence-electron chi connectivity index (χ3n) is 7.85. The van der Waals surface area contributed by atoms with E-state index in [2.05, 4.69) is 155 Å². The van der Waals surface area contributed by atoms with Gasteiger partial charge in [-0.1, -0.05) is 0 Å². The molecule has 5 heteroatoms. The van der Waals surface area contributed by atoms with Gasteiger partial charge < -0.3 is 0 Å². The molecule has 0 amide bonds. The van der Waals surface area contributed by atoms with Crippen LogP contribution in [-0.2, 0) is 14.5 Å². The Bertz CT molecular complexity index is 1540. The van der Waals surface area contributed by atoms with E-state index in [0.29, 0.717) is 0 Å². The number of rotatable bonds is 8. The third kappa shape index (κ3) is 4.50. The van der Waals surface area contributed by atoms with Gasteiger partial charge in [0.1, 0.15) is 0 Å². The van der Waals surface area contributed by atoms with E-state index in [1.807, 2.05) is 36.4 Å². The first kappa shape index (κ1) is 28.9. The summed E-state index contributed by atoms with van der Waals surface area (Å²) in [5.74, 6) is 0. The zero-order valence-electron chi connectivity index (χ0n) is 23.5. The SMILES string of the molecule is N#[C][Pd]([C]#N)([PH](c1ccccc1)(c1ccccc1)c1ccccc1)[PH](c1ccccc1)(c1ccccc1)c1ccccc1. The Hall–Kier alpha value is -4.18. The van der Waals surface area contributed by atoms with Crippen molar-refractivity contribution in [3.63, 3.8) is 0 Å². The second-order valence-electron chi connectivity index (χ2n) is 10.0. The normalized spacial score (nSPS) is 12.8. The fourth-order valence-corrected chi connectivity index (χ4v) is 53.0. The Morgan fingerprint density at radius 1 is 0.302 bits per heavy atom. The molecule has 0 heterocycles. The van der Waals surface area contributed by atoms with E-state index in [4.69, 9.17) is 0 Å². The number of nitrogens with zero attached hydrogens (tertiary/aromatic N) is 2. The summed E-state index contributed by atoms with van der Waals surface area (Å²) in [6, 6.07) is 63.0. The fourth-order valence-electron chi connectivity index (χ4n) is 6.17.